The number of aromatic nitrogens is 2. The maximum atomic E-state index is 13.5. The van der Waals surface area contributed by atoms with E-state index in [0.717, 1.165) is 19.5 Å². The second kappa shape index (κ2) is 9.83. The zero-order valence-corrected chi connectivity index (χ0v) is 12.5. The Labute approximate surface area is 119 Å². The summed E-state index contributed by atoms with van der Waals surface area (Å²) in [5.74, 6) is 1.57. The summed E-state index contributed by atoms with van der Waals surface area (Å²) in [6, 6.07) is 0. The lowest BCUT2D eigenvalue weighted by molar-refractivity contribution is 0.614. The smallest absolute Gasteiger partial charge is 0.224 e. The van der Waals surface area contributed by atoms with Gasteiger partial charge in [0.1, 0.15) is 0 Å². The third-order valence-corrected chi connectivity index (χ3v) is 3.34. The molecule has 108 valence electrons. The van der Waals surface area contributed by atoms with Gasteiger partial charge in [0.2, 0.25) is 5.95 Å². The standard InChI is InChI=1S/C13H23FN4S/c1-3-15-13-17-10-11(14)12(18-13)16-8-6-4-5-7-9-19-2/h10H,3-9H2,1-2H3,(H2,15,16,17,18). The van der Waals surface area contributed by atoms with E-state index < -0.39 is 5.82 Å². The van der Waals surface area contributed by atoms with Crippen molar-refractivity contribution in [3.8, 4) is 0 Å². The highest BCUT2D eigenvalue weighted by atomic mass is 32.2. The molecular weight excluding hydrogens is 263 g/mol. The number of nitrogens with one attached hydrogen (secondary N) is 2. The third kappa shape index (κ3) is 6.61. The normalized spacial score (nSPS) is 10.5. The van der Waals surface area contributed by atoms with E-state index in [0.29, 0.717) is 5.95 Å². The Hall–Kier alpha value is -1.04. The summed E-state index contributed by atoms with van der Waals surface area (Å²) in [5, 5.41) is 6.00. The van der Waals surface area contributed by atoms with Gasteiger partial charge in [0.25, 0.3) is 0 Å². The van der Waals surface area contributed by atoms with Crippen LogP contribution in [0.25, 0.3) is 0 Å². The third-order valence-electron chi connectivity index (χ3n) is 2.65. The molecule has 0 aliphatic heterocycles. The molecule has 0 aromatic carbocycles. The van der Waals surface area contributed by atoms with E-state index in [4.69, 9.17) is 0 Å². The summed E-state index contributed by atoms with van der Waals surface area (Å²) < 4.78 is 13.5. The molecule has 0 aliphatic rings. The van der Waals surface area contributed by atoms with Crippen LogP contribution in [0.3, 0.4) is 0 Å². The minimum absolute atomic E-state index is 0.287. The van der Waals surface area contributed by atoms with Crippen LogP contribution in [-0.2, 0) is 0 Å². The predicted octanol–water partition coefficient (Wildman–Crippen LogP) is 3.38. The number of hydrogen-bond donors (Lipinski definition) is 2. The summed E-state index contributed by atoms with van der Waals surface area (Å²) in [4.78, 5) is 7.96. The van der Waals surface area contributed by atoms with Gasteiger partial charge in [-0.05, 0) is 31.8 Å². The Morgan fingerprint density at radius 1 is 1.21 bits per heavy atom. The molecule has 1 aromatic rings. The average Bonchev–Trinajstić information content (AvgIpc) is 2.41. The van der Waals surface area contributed by atoms with E-state index in [1.165, 1.54) is 31.2 Å². The van der Waals surface area contributed by atoms with E-state index in [2.05, 4.69) is 26.9 Å². The summed E-state index contributed by atoms with van der Waals surface area (Å²) in [6.07, 6.45) is 8.02. The maximum absolute atomic E-state index is 13.5. The van der Waals surface area contributed by atoms with E-state index >= 15 is 0 Å². The van der Waals surface area contributed by atoms with Gasteiger partial charge in [0, 0.05) is 13.1 Å². The van der Waals surface area contributed by atoms with Crippen molar-refractivity contribution < 1.29 is 4.39 Å². The van der Waals surface area contributed by atoms with Crippen molar-refractivity contribution in [2.24, 2.45) is 0 Å². The minimum atomic E-state index is -0.399. The molecule has 0 saturated heterocycles. The van der Waals surface area contributed by atoms with Crippen LogP contribution in [0, 0.1) is 5.82 Å². The van der Waals surface area contributed by atoms with Gasteiger partial charge in [-0.1, -0.05) is 12.8 Å². The molecule has 0 saturated carbocycles. The van der Waals surface area contributed by atoms with Crippen LogP contribution >= 0.6 is 11.8 Å². The lowest BCUT2D eigenvalue weighted by Gasteiger charge is -2.08. The first-order chi connectivity index (χ1) is 9.27. The molecule has 0 fully saturated rings. The Morgan fingerprint density at radius 3 is 2.74 bits per heavy atom. The lowest BCUT2D eigenvalue weighted by atomic mass is 10.2. The lowest BCUT2D eigenvalue weighted by Crippen LogP contribution is -2.09. The quantitative estimate of drug-likeness (QED) is 0.646. The van der Waals surface area contributed by atoms with Gasteiger partial charge < -0.3 is 10.6 Å². The SMILES string of the molecule is CCNc1ncc(F)c(NCCCCCCSC)n1. The predicted molar refractivity (Wildman–Crippen MR) is 81.5 cm³/mol. The Morgan fingerprint density at radius 2 is 2.00 bits per heavy atom. The fourth-order valence-electron chi connectivity index (χ4n) is 1.67. The molecule has 0 spiro atoms. The Kier molecular flexibility index (Phi) is 8.29. The topological polar surface area (TPSA) is 49.8 Å². The van der Waals surface area contributed by atoms with Gasteiger partial charge in [0.15, 0.2) is 11.6 Å². The Balaban J connectivity index is 2.26. The molecule has 2 N–H and O–H groups in total. The maximum Gasteiger partial charge on any atom is 0.224 e. The molecule has 6 heteroatoms. The highest BCUT2D eigenvalue weighted by Gasteiger charge is 2.05. The second-order valence-corrected chi connectivity index (χ2v) is 5.24. The first-order valence-corrected chi connectivity index (χ1v) is 8.16. The largest absolute Gasteiger partial charge is 0.367 e. The number of hydrogen-bond acceptors (Lipinski definition) is 5. The van der Waals surface area contributed by atoms with Crippen LogP contribution in [0.1, 0.15) is 32.6 Å². The molecular formula is C13H23FN4S. The van der Waals surface area contributed by atoms with Crippen LogP contribution in [0.5, 0.6) is 0 Å². The summed E-state index contributed by atoms with van der Waals surface area (Å²) in [7, 11) is 0. The fourth-order valence-corrected chi connectivity index (χ4v) is 2.16. The minimum Gasteiger partial charge on any atom is -0.367 e. The van der Waals surface area contributed by atoms with E-state index in [1.807, 2.05) is 18.7 Å². The second-order valence-electron chi connectivity index (χ2n) is 4.25. The van der Waals surface area contributed by atoms with Crippen LogP contribution in [0.15, 0.2) is 6.20 Å². The van der Waals surface area contributed by atoms with Gasteiger partial charge in [-0.3, -0.25) is 0 Å². The van der Waals surface area contributed by atoms with Crippen molar-refractivity contribution in [2.45, 2.75) is 32.6 Å². The van der Waals surface area contributed by atoms with Gasteiger partial charge in [-0.15, -0.1) is 0 Å². The molecule has 1 rings (SSSR count). The molecule has 1 aromatic heterocycles. The Bertz CT molecular complexity index is 362. The van der Waals surface area contributed by atoms with Crippen molar-refractivity contribution in [1.29, 1.82) is 0 Å². The van der Waals surface area contributed by atoms with E-state index in [-0.39, 0.29) is 5.82 Å². The van der Waals surface area contributed by atoms with E-state index in [1.54, 1.807) is 0 Å². The molecule has 0 unspecified atom stereocenters. The van der Waals surface area contributed by atoms with Crippen LogP contribution in [0.2, 0.25) is 0 Å². The number of nitrogens with zero attached hydrogens (tertiary/aromatic N) is 2. The molecule has 0 atom stereocenters. The van der Waals surface area contributed by atoms with Crippen LogP contribution < -0.4 is 10.6 Å². The van der Waals surface area contributed by atoms with Crippen molar-refractivity contribution in [3.05, 3.63) is 12.0 Å². The summed E-state index contributed by atoms with van der Waals surface area (Å²) >= 11 is 1.88. The van der Waals surface area contributed by atoms with Crippen molar-refractivity contribution in [2.75, 3.05) is 35.7 Å². The van der Waals surface area contributed by atoms with Crippen molar-refractivity contribution in [3.63, 3.8) is 0 Å². The van der Waals surface area contributed by atoms with Crippen molar-refractivity contribution >= 4 is 23.5 Å². The molecule has 19 heavy (non-hydrogen) atoms. The first kappa shape index (κ1) is 16.0. The number of thioether (sulfide) groups is 1. The summed E-state index contributed by atoms with van der Waals surface area (Å²) in [5.41, 5.74) is 0. The average molecular weight is 286 g/mol. The van der Waals surface area contributed by atoms with Gasteiger partial charge >= 0.3 is 0 Å². The molecule has 1 heterocycles. The monoisotopic (exact) mass is 286 g/mol. The van der Waals surface area contributed by atoms with Gasteiger partial charge in [-0.2, -0.15) is 16.7 Å². The number of rotatable bonds is 10. The van der Waals surface area contributed by atoms with Gasteiger partial charge in [-0.25, -0.2) is 9.37 Å². The van der Waals surface area contributed by atoms with Crippen molar-refractivity contribution in [1.82, 2.24) is 9.97 Å². The molecule has 0 amide bonds. The molecule has 4 nitrogen and oxygen atoms in total. The number of anilines is 2. The number of halogens is 1. The highest BCUT2D eigenvalue weighted by Crippen LogP contribution is 2.12. The zero-order valence-electron chi connectivity index (χ0n) is 11.7. The zero-order chi connectivity index (χ0) is 13.9. The molecule has 0 bridgehead atoms. The summed E-state index contributed by atoms with van der Waals surface area (Å²) in [6.45, 7) is 3.42. The van der Waals surface area contributed by atoms with Crippen LogP contribution in [0.4, 0.5) is 16.2 Å². The van der Waals surface area contributed by atoms with Crippen LogP contribution in [-0.4, -0.2) is 35.1 Å². The molecule has 0 radical (unpaired) electrons. The fraction of sp³-hybridized carbons (Fsp3) is 0.692. The molecule has 0 aliphatic carbocycles. The first-order valence-electron chi connectivity index (χ1n) is 6.77. The van der Waals surface area contributed by atoms with Gasteiger partial charge in [0.05, 0.1) is 6.20 Å². The highest BCUT2D eigenvalue weighted by molar-refractivity contribution is 7.98. The number of unbranched alkanes of at least 4 members (excludes halogenated alkanes) is 3. The van der Waals surface area contributed by atoms with E-state index in [9.17, 15) is 4.39 Å².